The Kier molecular flexibility index (Phi) is 5.46. The minimum atomic E-state index is -4.54. The second-order valence-electron chi connectivity index (χ2n) is 6.49. The van der Waals surface area contributed by atoms with E-state index >= 15 is 0 Å². The fourth-order valence-electron chi connectivity index (χ4n) is 3.45. The summed E-state index contributed by atoms with van der Waals surface area (Å²) >= 11 is 0.270. The normalized spacial score (nSPS) is 29.7. The molecule has 25 heavy (non-hydrogen) atoms. The van der Waals surface area contributed by atoms with E-state index in [9.17, 15) is 21.6 Å². The molecule has 0 spiro atoms. The number of nitrogens with two attached hydrogens (primary N) is 1. The van der Waals surface area contributed by atoms with E-state index < -0.39 is 21.1 Å². The molecule has 3 heterocycles. The molecule has 0 radical (unpaired) electrons. The van der Waals surface area contributed by atoms with E-state index in [1.54, 1.807) is 0 Å². The zero-order chi connectivity index (χ0) is 18.2. The van der Waals surface area contributed by atoms with Gasteiger partial charge in [-0.25, -0.2) is 8.42 Å². The number of thiophene rings is 1. The smallest absolute Gasteiger partial charge is 0.376 e. The summed E-state index contributed by atoms with van der Waals surface area (Å²) in [7, 11) is -3.99. The van der Waals surface area contributed by atoms with Crippen LogP contribution in [0.5, 0.6) is 0 Å². The largest absolute Gasteiger partial charge is 0.425 e. The van der Waals surface area contributed by atoms with E-state index in [1.165, 1.54) is 4.31 Å². The Morgan fingerprint density at radius 1 is 1.24 bits per heavy atom. The third-order valence-corrected chi connectivity index (χ3v) is 8.23. The van der Waals surface area contributed by atoms with Crippen LogP contribution < -0.4 is 5.73 Å². The molecular formula is C15H21F3N2O3S2. The Labute approximate surface area is 149 Å². The van der Waals surface area contributed by atoms with Gasteiger partial charge in [-0.3, -0.25) is 0 Å². The summed E-state index contributed by atoms with van der Waals surface area (Å²) in [5.41, 5.74) is 5.98. The molecule has 2 saturated heterocycles. The molecular weight excluding hydrogens is 377 g/mol. The van der Waals surface area contributed by atoms with Gasteiger partial charge in [0, 0.05) is 19.2 Å². The first-order valence-corrected chi connectivity index (χ1v) is 10.5. The molecule has 2 N–H and O–H groups in total. The van der Waals surface area contributed by atoms with Gasteiger partial charge < -0.3 is 10.5 Å². The van der Waals surface area contributed by atoms with Crippen LogP contribution in [-0.4, -0.2) is 44.1 Å². The van der Waals surface area contributed by atoms with E-state index in [1.807, 2.05) is 0 Å². The third-order valence-electron chi connectivity index (χ3n) is 4.71. The topological polar surface area (TPSA) is 72.6 Å². The second-order valence-corrected chi connectivity index (χ2v) is 9.69. The lowest BCUT2D eigenvalue weighted by Crippen LogP contribution is -2.53. The number of alkyl halides is 3. The quantitative estimate of drug-likeness (QED) is 0.850. The van der Waals surface area contributed by atoms with Crippen molar-refractivity contribution in [3.63, 3.8) is 0 Å². The molecule has 0 aromatic carbocycles. The van der Waals surface area contributed by atoms with Crippen molar-refractivity contribution in [2.75, 3.05) is 13.2 Å². The Bertz CT molecular complexity index is 705. The molecule has 0 saturated carbocycles. The monoisotopic (exact) mass is 398 g/mol. The van der Waals surface area contributed by atoms with E-state index in [-0.39, 0.29) is 33.7 Å². The number of sulfonamides is 1. The average molecular weight is 398 g/mol. The van der Waals surface area contributed by atoms with Gasteiger partial charge in [0.25, 0.3) is 10.0 Å². The fourth-order valence-corrected chi connectivity index (χ4v) is 6.47. The summed E-state index contributed by atoms with van der Waals surface area (Å²) in [5.74, 6) is 0. The predicted octanol–water partition coefficient (Wildman–Crippen LogP) is 2.82. The Balaban J connectivity index is 1.87. The number of nitrogens with zero attached hydrogens (tertiary/aromatic N) is 1. The Hall–Kier alpha value is -0.680. The highest BCUT2D eigenvalue weighted by Crippen LogP contribution is 2.38. The molecule has 3 atom stereocenters. The maximum Gasteiger partial charge on any atom is 0.425 e. The van der Waals surface area contributed by atoms with Crippen LogP contribution in [0.3, 0.4) is 0 Å². The molecule has 0 bridgehead atoms. The van der Waals surface area contributed by atoms with Gasteiger partial charge in [0.2, 0.25) is 0 Å². The molecule has 142 valence electrons. The van der Waals surface area contributed by atoms with Crippen molar-refractivity contribution < 1.29 is 26.3 Å². The van der Waals surface area contributed by atoms with E-state index in [4.69, 9.17) is 10.5 Å². The molecule has 3 unspecified atom stereocenters. The van der Waals surface area contributed by atoms with E-state index in [2.05, 4.69) is 0 Å². The van der Waals surface area contributed by atoms with Gasteiger partial charge in [-0.15, -0.1) is 11.3 Å². The summed E-state index contributed by atoms with van der Waals surface area (Å²) in [6.45, 7) is 0.773. The summed E-state index contributed by atoms with van der Waals surface area (Å²) in [5, 5.41) is 0. The maximum atomic E-state index is 12.9. The lowest BCUT2D eigenvalue weighted by Gasteiger charge is -2.41. The number of hydrogen-bond donors (Lipinski definition) is 1. The minimum absolute atomic E-state index is 0.0381. The maximum absolute atomic E-state index is 12.9. The van der Waals surface area contributed by atoms with Crippen molar-refractivity contribution in [1.29, 1.82) is 0 Å². The molecule has 0 aliphatic carbocycles. The van der Waals surface area contributed by atoms with Gasteiger partial charge >= 0.3 is 6.18 Å². The highest BCUT2D eigenvalue weighted by molar-refractivity contribution is 7.91. The second kappa shape index (κ2) is 7.15. The van der Waals surface area contributed by atoms with Gasteiger partial charge in [0.1, 0.15) is 9.09 Å². The molecule has 10 heteroatoms. The summed E-state index contributed by atoms with van der Waals surface area (Å²) in [6, 6.07) is 1.45. The number of rotatable bonds is 3. The van der Waals surface area contributed by atoms with Crippen LogP contribution in [0.15, 0.2) is 16.3 Å². The molecule has 2 aliphatic rings. The first-order chi connectivity index (χ1) is 11.7. The molecule has 3 rings (SSSR count). The van der Waals surface area contributed by atoms with Gasteiger partial charge in [-0.05, 0) is 37.8 Å². The zero-order valence-corrected chi connectivity index (χ0v) is 15.2. The van der Waals surface area contributed by atoms with Crippen LogP contribution in [0.25, 0.3) is 0 Å². The molecule has 5 nitrogen and oxygen atoms in total. The van der Waals surface area contributed by atoms with E-state index in [0.717, 1.165) is 25.0 Å². The van der Waals surface area contributed by atoms with Gasteiger partial charge in [-0.2, -0.15) is 17.5 Å². The standard InChI is InChI=1S/C15H21F3N2O3S2/c16-15(17,18)13-4-5-14(24-13)25(21,22)20-7-2-1-3-11(20)12-9-10(19)6-8-23-12/h4-5,10-12H,1-3,6-9,19H2. The van der Waals surface area contributed by atoms with Gasteiger partial charge in [0.15, 0.2) is 0 Å². The number of piperidine rings is 1. The lowest BCUT2D eigenvalue weighted by atomic mass is 9.93. The first kappa shape index (κ1) is 19.1. The highest BCUT2D eigenvalue weighted by atomic mass is 32.2. The van der Waals surface area contributed by atoms with Gasteiger partial charge in [-0.1, -0.05) is 6.42 Å². The van der Waals surface area contributed by atoms with Crippen molar-refractivity contribution in [1.82, 2.24) is 4.31 Å². The SMILES string of the molecule is NC1CCOC(C2CCCCN2S(=O)(=O)c2ccc(C(F)(F)F)s2)C1. The molecule has 2 fully saturated rings. The molecule has 1 aromatic heterocycles. The Morgan fingerprint density at radius 2 is 2.00 bits per heavy atom. The minimum Gasteiger partial charge on any atom is -0.376 e. The first-order valence-electron chi connectivity index (χ1n) is 8.25. The Morgan fingerprint density at radius 3 is 2.64 bits per heavy atom. The van der Waals surface area contributed by atoms with Crippen LogP contribution in [-0.2, 0) is 20.9 Å². The van der Waals surface area contributed by atoms with Crippen LogP contribution in [0.4, 0.5) is 13.2 Å². The lowest BCUT2D eigenvalue weighted by molar-refractivity contribution is -0.134. The number of hydrogen-bond acceptors (Lipinski definition) is 5. The van der Waals surface area contributed by atoms with Crippen LogP contribution in [0.2, 0.25) is 0 Å². The van der Waals surface area contributed by atoms with Crippen molar-refractivity contribution in [2.24, 2.45) is 5.73 Å². The molecule has 2 aliphatic heterocycles. The third kappa shape index (κ3) is 4.02. The molecule has 1 aromatic rings. The summed E-state index contributed by atoms with van der Waals surface area (Å²) in [6.07, 6.45) is -1.37. The highest BCUT2D eigenvalue weighted by Gasteiger charge is 2.42. The van der Waals surface area contributed by atoms with E-state index in [0.29, 0.717) is 32.4 Å². The van der Waals surface area contributed by atoms with Crippen molar-refractivity contribution >= 4 is 21.4 Å². The van der Waals surface area contributed by atoms with Crippen LogP contribution >= 0.6 is 11.3 Å². The molecule has 0 amide bonds. The van der Waals surface area contributed by atoms with Crippen LogP contribution in [0, 0.1) is 0 Å². The van der Waals surface area contributed by atoms with Gasteiger partial charge in [0.05, 0.1) is 12.1 Å². The number of halogens is 3. The number of ether oxygens (including phenoxy) is 1. The average Bonchev–Trinajstić information content (AvgIpc) is 3.06. The van der Waals surface area contributed by atoms with Crippen molar-refractivity contribution in [2.45, 2.75) is 60.7 Å². The zero-order valence-electron chi connectivity index (χ0n) is 13.5. The van der Waals surface area contributed by atoms with Crippen molar-refractivity contribution in [3.8, 4) is 0 Å². The van der Waals surface area contributed by atoms with Crippen molar-refractivity contribution in [3.05, 3.63) is 17.0 Å². The van der Waals surface area contributed by atoms with Crippen LogP contribution in [0.1, 0.15) is 37.0 Å². The summed E-state index contributed by atoms with van der Waals surface area (Å²) < 4.78 is 71.1. The predicted molar refractivity (Wildman–Crippen MR) is 87.8 cm³/mol. The fraction of sp³-hybridized carbons (Fsp3) is 0.733. The summed E-state index contributed by atoms with van der Waals surface area (Å²) in [4.78, 5) is -0.907.